The first-order valence-electron chi connectivity index (χ1n) is 10.6. The van der Waals surface area contributed by atoms with Gasteiger partial charge in [0.15, 0.2) is 0 Å². The zero-order chi connectivity index (χ0) is 24.8. The number of rotatable bonds is 9. The summed E-state index contributed by atoms with van der Waals surface area (Å²) in [5.41, 5.74) is 6.38. The molecule has 0 aliphatic heterocycles. The van der Waals surface area contributed by atoms with Crippen LogP contribution in [-0.4, -0.2) is 39.1 Å². The molecule has 2 aromatic carbocycles. The lowest BCUT2D eigenvalue weighted by Gasteiger charge is -2.28. The summed E-state index contributed by atoms with van der Waals surface area (Å²) in [6, 6.07) is 12.1. The third kappa shape index (κ3) is 7.30. The van der Waals surface area contributed by atoms with E-state index in [-0.39, 0.29) is 23.8 Å². The molecule has 0 spiro atoms. The van der Waals surface area contributed by atoms with Gasteiger partial charge in [-0.2, -0.15) is 8.42 Å². The van der Waals surface area contributed by atoms with Gasteiger partial charge in [0.05, 0.1) is 18.4 Å². The first-order chi connectivity index (χ1) is 15.4. The van der Waals surface area contributed by atoms with Crippen molar-refractivity contribution in [1.29, 1.82) is 0 Å². The smallest absolute Gasteiger partial charge is 0.339 e. The van der Waals surface area contributed by atoms with E-state index in [0.717, 1.165) is 5.56 Å². The number of ether oxygens (including phenoxy) is 2. The Morgan fingerprint density at radius 1 is 0.970 bits per heavy atom. The van der Waals surface area contributed by atoms with Crippen molar-refractivity contribution in [2.75, 3.05) is 13.2 Å². The van der Waals surface area contributed by atoms with Crippen LogP contribution in [0.2, 0.25) is 0 Å². The topological polar surface area (TPSA) is 122 Å². The predicted octanol–water partition coefficient (Wildman–Crippen LogP) is 3.33. The lowest BCUT2D eigenvalue weighted by atomic mass is 9.85. The fraction of sp³-hybridized carbons (Fsp3) is 0.417. The standard InChI is InChI=1S/C24H31NO7S/c1-6-30-22(26)20(15-25)21(23(27)31-24(3,4)5)17-9-11-18(12-10-17)32-33(28,29)19-13-7-16(2)8-14-19/h7-14,20-21H,6,15,25H2,1-5H3. The largest absolute Gasteiger partial charge is 0.466 e. The summed E-state index contributed by atoms with van der Waals surface area (Å²) >= 11 is 0. The Bertz CT molecular complexity index is 1060. The Labute approximate surface area is 195 Å². The van der Waals surface area contributed by atoms with E-state index in [1.54, 1.807) is 39.8 Å². The van der Waals surface area contributed by atoms with Crippen LogP contribution < -0.4 is 9.92 Å². The third-order valence-electron chi connectivity index (χ3n) is 4.66. The zero-order valence-electron chi connectivity index (χ0n) is 19.5. The molecule has 8 nitrogen and oxygen atoms in total. The molecule has 0 heterocycles. The van der Waals surface area contributed by atoms with Crippen molar-refractivity contribution in [2.24, 2.45) is 11.7 Å². The molecule has 0 saturated heterocycles. The second-order valence-corrected chi connectivity index (χ2v) is 10.1. The van der Waals surface area contributed by atoms with Crippen LogP contribution in [0.4, 0.5) is 0 Å². The normalized spacial score (nSPS) is 13.6. The summed E-state index contributed by atoms with van der Waals surface area (Å²) in [6.07, 6.45) is 0. The van der Waals surface area contributed by atoms with Crippen molar-refractivity contribution in [1.82, 2.24) is 0 Å². The maximum atomic E-state index is 13.0. The number of aryl methyl sites for hydroxylation is 1. The summed E-state index contributed by atoms with van der Waals surface area (Å²) in [5, 5.41) is 0. The monoisotopic (exact) mass is 477 g/mol. The van der Waals surface area contributed by atoms with Crippen molar-refractivity contribution < 1.29 is 31.7 Å². The van der Waals surface area contributed by atoms with Gasteiger partial charge in [0.25, 0.3) is 0 Å². The maximum Gasteiger partial charge on any atom is 0.339 e. The van der Waals surface area contributed by atoms with Gasteiger partial charge in [0.2, 0.25) is 0 Å². The SMILES string of the molecule is CCOC(=O)C(CN)C(C(=O)OC(C)(C)C)c1ccc(OS(=O)(=O)c2ccc(C)cc2)cc1. The minimum Gasteiger partial charge on any atom is -0.466 e. The van der Waals surface area contributed by atoms with Crippen molar-refractivity contribution >= 4 is 22.1 Å². The van der Waals surface area contributed by atoms with Gasteiger partial charge >= 0.3 is 22.1 Å². The van der Waals surface area contributed by atoms with E-state index in [9.17, 15) is 18.0 Å². The van der Waals surface area contributed by atoms with Gasteiger partial charge in [-0.3, -0.25) is 9.59 Å². The Morgan fingerprint density at radius 2 is 1.55 bits per heavy atom. The lowest BCUT2D eigenvalue weighted by Crippen LogP contribution is -2.38. The highest BCUT2D eigenvalue weighted by molar-refractivity contribution is 7.87. The van der Waals surface area contributed by atoms with Crippen molar-refractivity contribution in [3.63, 3.8) is 0 Å². The summed E-state index contributed by atoms with van der Waals surface area (Å²) in [6.45, 7) is 8.67. The van der Waals surface area contributed by atoms with Gasteiger partial charge < -0.3 is 19.4 Å². The fourth-order valence-corrected chi connectivity index (χ4v) is 4.06. The molecule has 9 heteroatoms. The molecule has 0 bridgehead atoms. The van der Waals surface area contributed by atoms with E-state index in [1.807, 2.05) is 6.92 Å². The number of hydrogen-bond acceptors (Lipinski definition) is 8. The number of benzene rings is 2. The molecule has 0 amide bonds. The van der Waals surface area contributed by atoms with Crippen LogP contribution >= 0.6 is 0 Å². The molecule has 180 valence electrons. The Hall–Kier alpha value is -2.91. The minimum atomic E-state index is -4.03. The molecular weight excluding hydrogens is 446 g/mol. The van der Waals surface area contributed by atoms with Crippen molar-refractivity contribution in [3.05, 3.63) is 59.7 Å². The number of carbonyl (C=O) groups excluding carboxylic acids is 2. The molecule has 2 rings (SSSR count). The molecule has 0 saturated carbocycles. The average molecular weight is 478 g/mol. The van der Waals surface area contributed by atoms with Gasteiger partial charge in [-0.05, 0) is 64.4 Å². The van der Waals surface area contributed by atoms with Crippen molar-refractivity contribution in [2.45, 2.75) is 51.0 Å². The van der Waals surface area contributed by atoms with Gasteiger partial charge in [0, 0.05) is 6.54 Å². The quantitative estimate of drug-likeness (QED) is 0.431. The second-order valence-electron chi connectivity index (χ2n) is 8.52. The minimum absolute atomic E-state index is 0.0225. The predicted molar refractivity (Wildman–Crippen MR) is 123 cm³/mol. The van der Waals surface area contributed by atoms with Crippen LogP contribution in [0.3, 0.4) is 0 Å². The lowest BCUT2D eigenvalue weighted by molar-refractivity contribution is -0.163. The molecule has 2 atom stereocenters. The Kier molecular flexibility index (Phi) is 8.63. The Balaban J connectivity index is 2.35. The van der Waals surface area contributed by atoms with Crippen LogP contribution in [0.25, 0.3) is 0 Å². The molecular formula is C24H31NO7S. The molecule has 0 fully saturated rings. The van der Waals surface area contributed by atoms with Crippen LogP contribution in [0.5, 0.6) is 5.75 Å². The number of carbonyl (C=O) groups is 2. The molecule has 2 aromatic rings. The average Bonchev–Trinajstić information content (AvgIpc) is 2.71. The third-order valence-corrected chi connectivity index (χ3v) is 5.92. The fourth-order valence-electron chi connectivity index (χ4n) is 3.13. The maximum absolute atomic E-state index is 13.0. The molecule has 2 N–H and O–H groups in total. The molecule has 0 aromatic heterocycles. The number of hydrogen-bond donors (Lipinski definition) is 1. The van der Waals surface area contributed by atoms with E-state index in [4.69, 9.17) is 19.4 Å². The van der Waals surface area contributed by atoms with Crippen molar-refractivity contribution in [3.8, 4) is 5.75 Å². The molecule has 2 unspecified atom stereocenters. The van der Waals surface area contributed by atoms with Crippen LogP contribution in [0.15, 0.2) is 53.4 Å². The van der Waals surface area contributed by atoms with E-state index < -0.39 is 39.5 Å². The van der Waals surface area contributed by atoms with E-state index in [0.29, 0.717) is 5.56 Å². The van der Waals surface area contributed by atoms with Gasteiger partial charge in [-0.25, -0.2) is 0 Å². The molecule has 0 radical (unpaired) electrons. The highest BCUT2D eigenvalue weighted by Crippen LogP contribution is 2.31. The first-order valence-corrected chi connectivity index (χ1v) is 12.0. The second kappa shape index (κ2) is 10.8. The summed E-state index contributed by atoms with van der Waals surface area (Å²) in [4.78, 5) is 25.5. The highest BCUT2D eigenvalue weighted by Gasteiger charge is 2.38. The van der Waals surface area contributed by atoms with Crippen LogP contribution in [0.1, 0.15) is 44.7 Å². The zero-order valence-corrected chi connectivity index (χ0v) is 20.3. The Morgan fingerprint density at radius 3 is 2.03 bits per heavy atom. The molecule has 0 aliphatic rings. The van der Waals surface area contributed by atoms with Crippen LogP contribution in [-0.2, 0) is 29.2 Å². The molecule has 0 aliphatic carbocycles. The van der Waals surface area contributed by atoms with Gasteiger partial charge in [-0.1, -0.05) is 29.8 Å². The first kappa shape index (κ1) is 26.3. The number of esters is 2. The summed E-state index contributed by atoms with van der Waals surface area (Å²) in [5.74, 6) is -3.19. The number of nitrogens with two attached hydrogens (primary N) is 1. The summed E-state index contributed by atoms with van der Waals surface area (Å²) in [7, 11) is -4.03. The van der Waals surface area contributed by atoms with Gasteiger partial charge in [0.1, 0.15) is 16.2 Å². The van der Waals surface area contributed by atoms with E-state index >= 15 is 0 Å². The van der Waals surface area contributed by atoms with Gasteiger partial charge in [-0.15, -0.1) is 0 Å². The summed E-state index contributed by atoms with van der Waals surface area (Å²) < 4.78 is 40.9. The van der Waals surface area contributed by atoms with Crippen LogP contribution in [0, 0.1) is 12.8 Å². The highest BCUT2D eigenvalue weighted by atomic mass is 32.2. The molecule has 33 heavy (non-hydrogen) atoms. The van der Waals surface area contributed by atoms with E-state index in [1.165, 1.54) is 36.4 Å². The van der Waals surface area contributed by atoms with E-state index in [2.05, 4.69) is 0 Å².